The smallest absolute Gasteiger partial charge is 0.260 e. The summed E-state index contributed by atoms with van der Waals surface area (Å²) < 4.78 is 5.88. The Bertz CT molecular complexity index is 668. The van der Waals surface area contributed by atoms with Crippen molar-refractivity contribution in [2.75, 3.05) is 32.8 Å². The number of rotatable bonds is 6. The van der Waals surface area contributed by atoms with Crippen LogP contribution in [0.25, 0.3) is 0 Å². The Balaban J connectivity index is 1.93. The van der Waals surface area contributed by atoms with Gasteiger partial charge in [-0.2, -0.15) is 0 Å². The molecule has 0 N–H and O–H groups in total. The fraction of sp³-hybridized carbons (Fsp3) is 0.636. The molecule has 150 valence electrons. The zero-order valence-corrected chi connectivity index (χ0v) is 17.5. The molecular weight excluding hydrogens is 340 g/mol. The van der Waals surface area contributed by atoms with Gasteiger partial charge in [-0.05, 0) is 56.7 Å². The van der Waals surface area contributed by atoms with Gasteiger partial charge in [0.05, 0.1) is 0 Å². The molecule has 0 aliphatic carbocycles. The Morgan fingerprint density at radius 3 is 2.22 bits per heavy atom. The predicted octanol–water partition coefficient (Wildman–Crippen LogP) is 3.49. The van der Waals surface area contributed by atoms with Crippen LogP contribution >= 0.6 is 0 Å². The van der Waals surface area contributed by atoms with Crippen molar-refractivity contribution in [3.05, 3.63) is 28.8 Å². The minimum absolute atomic E-state index is 0.00728. The Kier molecular flexibility index (Phi) is 7.69. The van der Waals surface area contributed by atoms with Crippen molar-refractivity contribution in [1.82, 2.24) is 9.80 Å². The molecule has 27 heavy (non-hydrogen) atoms. The maximum Gasteiger partial charge on any atom is 0.260 e. The largest absolute Gasteiger partial charge is 0.483 e. The maximum absolute atomic E-state index is 12.7. The van der Waals surface area contributed by atoms with Crippen LogP contribution in [-0.4, -0.2) is 54.4 Å². The SMILES string of the molecule is CCC(CC)C(=O)N1CCCN(C(=O)COc2c(C)ccc(C)c2C)CC1. The van der Waals surface area contributed by atoms with Crippen molar-refractivity contribution in [3.8, 4) is 5.75 Å². The summed E-state index contributed by atoms with van der Waals surface area (Å²) in [5.41, 5.74) is 3.29. The van der Waals surface area contributed by atoms with Crippen LogP contribution < -0.4 is 4.74 Å². The quantitative estimate of drug-likeness (QED) is 0.766. The molecule has 5 heteroatoms. The number of hydrogen-bond donors (Lipinski definition) is 0. The van der Waals surface area contributed by atoms with Gasteiger partial charge in [-0.1, -0.05) is 26.0 Å². The summed E-state index contributed by atoms with van der Waals surface area (Å²) in [6, 6.07) is 4.09. The Morgan fingerprint density at radius 2 is 1.56 bits per heavy atom. The number of nitrogens with zero attached hydrogens (tertiary/aromatic N) is 2. The lowest BCUT2D eigenvalue weighted by molar-refractivity contribution is -0.137. The van der Waals surface area contributed by atoms with E-state index in [1.165, 1.54) is 0 Å². The minimum Gasteiger partial charge on any atom is -0.483 e. The van der Waals surface area contributed by atoms with E-state index in [9.17, 15) is 9.59 Å². The molecule has 1 heterocycles. The highest BCUT2D eigenvalue weighted by Gasteiger charge is 2.25. The third-order valence-corrected chi connectivity index (χ3v) is 5.71. The predicted molar refractivity (Wildman–Crippen MR) is 108 cm³/mol. The molecule has 5 nitrogen and oxygen atoms in total. The number of aryl methyl sites for hydroxylation is 2. The summed E-state index contributed by atoms with van der Waals surface area (Å²) in [7, 11) is 0. The van der Waals surface area contributed by atoms with Crippen LogP contribution in [0.4, 0.5) is 0 Å². The van der Waals surface area contributed by atoms with Crippen molar-refractivity contribution in [1.29, 1.82) is 0 Å². The van der Waals surface area contributed by atoms with E-state index in [-0.39, 0.29) is 24.3 Å². The molecule has 1 saturated heterocycles. The normalized spacial score (nSPS) is 15.0. The molecule has 2 rings (SSSR count). The van der Waals surface area contributed by atoms with Gasteiger partial charge in [-0.25, -0.2) is 0 Å². The standard InChI is InChI=1S/C22H34N2O3/c1-6-19(7-2)22(26)24-12-8-11-23(13-14-24)20(25)15-27-21-17(4)10-9-16(3)18(21)5/h9-10,19H,6-8,11-15H2,1-5H3. The molecule has 0 spiro atoms. The number of carbonyl (C=O) groups is 2. The van der Waals surface area contributed by atoms with Gasteiger partial charge in [0.1, 0.15) is 5.75 Å². The lowest BCUT2D eigenvalue weighted by atomic mass is 10.0. The fourth-order valence-electron chi connectivity index (χ4n) is 3.66. The van der Waals surface area contributed by atoms with Gasteiger partial charge in [0.2, 0.25) is 5.91 Å². The van der Waals surface area contributed by atoms with Crippen LogP contribution in [0, 0.1) is 26.7 Å². The number of hydrogen-bond acceptors (Lipinski definition) is 3. The van der Waals surface area contributed by atoms with Gasteiger partial charge in [-0.3, -0.25) is 9.59 Å². The van der Waals surface area contributed by atoms with E-state index in [1.807, 2.05) is 36.6 Å². The molecule has 2 amide bonds. The average molecular weight is 375 g/mol. The molecule has 1 aromatic rings. The molecule has 0 aromatic heterocycles. The first-order chi connectivity index (χ1) is 12.9. The first-order valence-corrected chi connectivity index (χ1v) is 10.1. The van der Waals surface area contributed by atoms with E-state index >= 15 is 0 Å². The zero-order chi connectivity index (χ0) is 20.0. The van der Waals surface area contributed by atoms with Crippen LogP contribution in [0.15, 0.2) is 12.1 Å². The fourth-order valence-corrected chi connectivity index (χ4v) is 3.66. The number of ether oxygens (including phenoxy) is 1. The molecule has 0 unspecified atom stereocenters. The minimum atomic E-state index is -0.00728. The monoisotopic (exact) mass is 374 g/mol. The second-order valence-corrected chi connectivity index (χ2v) is 7.52. The molecule has 1 aliphatic heterocycles. The molecule has 0 radical (unpaired) electrons. The van der Waals surface area contributed by atoms with Crippen LogP contribution in [0.2, 0.25) is 0 Å². The summed E-state index contributed by atoms with van der Waals surface area (Å²) in [6.45, 7) is 12.9. The van der Waals surface area contributed by atoms with E-state index in [0.29, 0.717) is 19.6 Å². The maximum atomic E-state index is 12.7. The Labute approximate surface area is 163 Å². The van der Waals surface area contributed by atoms with Crippen LogP contribution in [0.5, 0.6) is 5.75 Å². The summed E-state index contributed by atoms with van der Waals surface area (Å²) in [4.78, 5) is 29.0. The van der Waals surface area contributed by atoms with Gasteiger partial charge in [0, 0.05) is 32.1 Å². The second kappa shape index (κ2) is 9.77. The summed E-state index contributed by atoms with van der Waals surface area (Å²) in [6.07, 6.45) is 2.56. The third-order valence-electron chi connectivity index (χ3n) is 5.71. The first-order valence-electron chi connectivity index (χ1n) is 10.1. The van der Waals surface area contributed by atoms with Crippen LogP contribution in [0.3, 0.4) is 0 Å². The van der Waals surface area contributed by atoms with Crippen LogP contribution in [-0.2, 0) is 9.59 Å². The van der Waals surface area contributed by atoms with E-state index in [1.54, 1.807) is 0 Å². The van der Waals surface area contributed by atoms with Crippen molar-refractivity contribution in [3.63, 3.8) is 0 Å². The topological polar surface area (TPSA) is 49.9 Å². The van der Waals surface area contributed by atoms with Gasteiger partial charge in [0.15, 0.2) is 6.61 Å². The van der Waals surface area contributed by atoms with Gasteiger partial charge in [0.25, 0.3) is 5.91 Å². The Hall–Kier alpha value is -2.04. The number of carbonyl (C=O) groups excluding carboxylic acids is 2. The van der Waals surface area contributed by atoms with E-state index in [4.69, 9.17) is 4.74 Å². The number of amides is 2. The average Bonchev–Trinajstić information content (AvgIpc) is 2.92. The summed E-state index contributed by atoms with van der Waals surface area (Å²) in [5, 5.41) is 0. The lowest BCUT2D eigenvalue weighted by Gasteiger charge is -2.25. The molecule has 1 aromatic carbocycles. The molecule has 0 saturated carbocycles. The number of benzene rings is 1. The van der Waals surface area contributed by atoms with Crippen molar-refractivity contribution in [2.45, 2.75) is 53.9 Å². The molecule has 0 bridgehead atoms. The highest BCUT2D eigenvalue weighted by atomic mass is 16.5. The Morgan fingerprint density at radius 1 is 0.963 bits per heavy atom. The van der Waals surface area contributed by atoms with Crippen molar-refractivity contribution in [2.24, 2.45) is 5.92 Å². The second-order valence-electron chi connectivity index (χ2n) is 7.52. The highest BCUT2D eigenvalue weighted by Crippen LogP contribution is 2.25. The van der Waals surface area contributed by atoms with Gasteiger partial charge >= 0.3 is 0 Å². The lowest BCUT2D eigenvalue weighted by Crippen LogP contribution is -2.41. The van der Waals surface area contributed by atoms with E-state index in [0.717, 1.165) is 48.2 Å². The van der Waals surface area contributed by atoms with Gasteiger partial charge < -0.3 is 14.5 Å². The van der Waals surface area contributed by atoms with Gasteiger partial charge in [-0.15, -0.1) is 0 Å². The highest BCUT2D eigenvalue weighted by molar-refractivity contribution is 5.80. The van der Waals surface area contributed by atoms with Crippen molar-refractivity contribution < 1.29 is 14.3 Å². The molecule has 1 aliphatic rings. The van der Waals surface area contributed by atoms with E-state index < -0.39 is 0 Å². The first kappa shape index (κ1) is 21.3. The van der Waals surface area contributed by atoms with Crippen LogP contribution in [0.1, 0.15) is 49.8 Å². The molecule has 1 fully saturated rings. The summed E-state index contributed by atoms with van der Waals surface area (Å²) >= 11 is 0. The van der Waals surface area contributed by atoms with Crippen molar-refractivity contribution >= 4 is 11.8 Å². The zero-order valence-electron chi connectivity index (χ0n) is 17.5. The summed E-state index contributed by atoms with van der Waals surface area (Å²) in [5.74, 6) is 1.13. The third kappa shape index (κ3) is 5.24. The molecule has 0 atom stereocenters. The van der Waals surface area contributed by atoms with E-state index in [2.05, 4.69) is 19.9 Å². The molecular formula is C22H34N2O3.